The Bertz CT molecular complexity index is 1440. The molecule has 0 heterocycles. The van der Waals surface area contributed by atoms with Crippen LogP contribution in [0.4, 0.5) is 0 Å². The summed E-state index contributed by atoms with van der Waals surface area (Å²) >= 11 is 0. The second-order valence-electron chi connectivity index (χ2n) is 17.5. The van der Waals surface area contributed by atoms with Gasteiger partial charge in [0.05, 0.1) is 36.6 Å². The first-order chi connectivity index (χ1) is 27.5. The summed E-state index contributed by atoms with van der Waals surface area (Å²) in [6.45, 7) is 25.0. The van der Waals surface area contributed by atoms with Crippen LogP contribution in [0.25, 0.3) is 0 Å². The van der Waals surface area contributed by atoms with E-state index in [1.807, 2.05) is 44.2 Å². The van der Waals surface area contributed by atoms with E-state index in [0.29, 0.717) is 0 Å². The quantitative estimate of drug-likeness (QED) is 0.0749. The Morgan fingerprint density at radius 3 is 1.12 bits per heavy atom. The summed E-state index contributed by atoms with van der Waals surface area (Å²) < 4.78 is 16.9. The molecule has 58 heavy (non-hydrogen) atoms. The molecule has 0 saturated carbocycles. The lowest BCUT2D eigenvalue weighted by Crippen LogP contribution is -2.41. The monoisotopic (exact) mass is 807 g/mol. The highest BCUT2D eigenvalue weighted by Crippen LogP contribution is 2.32. The van der Waals surface area contributed by atoms with E-state index in [4.69, 9.17) is 14.2 Å². The lowest BCUT2D eigenvalue weighted by atomic mass is 9.76. The van der Waals surface area contributed by atoms with Crippen LogP contribution in [-0.4, -0.2) is 51.9 Å². The molecule has 6 nitrogen and oxygen atoms in total. The number of ether oxygens (including phenoxy) is 3. The van der Waals surface area contributed by atoms with E-state index in [1.165, 1.54) is 16.7 Å². The fraction of sp³-hybridized carbons (Fsp3) is 0.654. The largest absolute Gasteiger partial charge is 0.494 e. The van der Waals surface area contributed by atoms with Gasteiger partial charge in [0.25, 0.3) is 0 Å². The molecule has 0 fully saturated rings. The van der Waals surface area contributed by atoms with Gasteiger partial charge in [0.1, 0.15) is 17.2 Å². The predicted octanol–water partition coefficient (Wildman–Crippen LogP) is 13.1. The fourth-order valence-corrected chi connectivity index (χ4v) is 6.83. The second kappa shape index (κ2) is 29.2. The van der Waals surface area contributed by atoms with Gasteiger partial charge in [0, 0.05) is 0 Å². The first-order valence-corrected chi connectivity index (χ1v) is 22.9. The molecular weight excluding hydrogens is 721 g/mol. The third kappa shape index (κ3) is 22.9. The van der Waals surface area contributed by atoms with Gasteiger partial charge in [-0.15, -0.1) is 0 Å². The lowest BCUT2D eigenvalue weighted by molar-refractivity contribution is -0.0534. The summed E-state index contributed by atoms with van der Waals surface area (Å²) in [6.07, 6.45) is 14.5. The zero-order valence-electron chi connectivity index (χ0n) is 38.9. The molecule has 0 atom stereocenters. The lowest BCUT2D eigenvalue weighted by Gasteiger charge is -2.36. The SMILES string of the molecule is CCCCC(O)(CCCC)CCc1cccc(OCCC)c1.CCCOc1cccc(CCC(C)(C)O)c1.CCCOc1cccc(CCC(O)(C(C)C)C(C)C)c1. The molecular formula is C52H86O6. The highest BCUT2D eigenvalue weighted by atomic mass is 16.5. The normalized spacial score (nSPS) is 11.8. The van der Waals surface area contributed by atoms with E-state index in [1.54, 1.807) is 0 Å². The van der Waals surface area contributed by atoms with Crippen molar-refractivity contribution in [2.45, 2.75) is 189 Å². The minimum atomic E-state index is -0.597. The third-order valence-corrected chi connectivity index (χ3v) is 10.8. The Morgan fingerprint density at radius 1 is 0.466 bits per heavy atom. The van der Waals surface area contributed by atoms with Crippen molar-refractivity contribution < 1.29 is 29.5 Å². The van der Waals surface area contributed by atoms with Crippen molar-refractivity contribution in [3.05, 3.63) is 89.5 Å². The van der Waals surface area contributed by atoms with E-state index in [-0.39, 0.29) is 11.8 Å². The smallest absolute Gasteiger partial charge is 0.119 e. The topological polar surface area (TPSA) is 88.4 Å². The van der Waals surface area contributed by atoms with Gasteiger partial charge in [0.2, 0.25) is 0 Å². The van der Waals surface area contributed by atoms with Crippen LogP contribution >= 0.6 is 0 Å². The predicted molar refractivity (Wildman–Crippen MR) is 247 cm³/mol. The molecule has 0 aromatic heterocycles. The number of hydrogen-bond donors (Lipinski definition) is 3. The Labute approximate surface area is 356 Å². The van der Waals surface area contributed by atoms with Crippen LogP contribution in [0.2, 0.25) is 0 Å². The minimum absolute atomic E-state index is 0.266. The molecule has 3 rings (SSSR count). The van der Waals surface area contributed by atoms with Gasteiger partial charge in [-0.2, -0.15) is 0 Å². The maximum atomic E-state index is 10.9. The van der Waals surface area contributed by atoms with Crippen LogP contribution in [0.1, 0.15) is 170 Å². The van der Waals surface area contributed by atoms with Crippen molar-refractivity contribution in [2.75, 3.05) is 19.8 Å². The van der Waals surface area contributed by atoms with Crippen LogP contribution in [-0.2, 0) is 19.3 Å². The van der Waals surface area contributed by atoms with Gasteiger partial charge in [-0.1, -0.05) is 124 Å². The van der Waals surface area contributed by atoms with Crippen LogP contribution < -0.4 is 14.2 Å². The van der Waals surface area contributed by atoms with Crippen LogP contribution in [0.15, 0.2) is 72.8 Å². The van der Waals surface area contributed by atoms with Crippen LogP contribution in [0.3, 0.4) is 0 Å². The van der Waals surface area contributed by atoms with Gasteiger partial charge in [-0.05, 0) is 149 Å². The van der Waals surface area contributed by atoms with Crippen LogP contribution in [0, 0.1) is 11.8 Å². The molecule has 0 aliphatic carbocycles. The van der Waals surface area contributed by atoms with Crippen molar-refractivity contribution in [3.8, 4) is 17.2 Å². The summed E-state index contributed by atoms with van der Waals surface area (Å²) in [5.41, 5.74) is 2.03. The summed E-state index contributed by atoms with van der Waals surface area (Å²) in [4.78, 5) is 0. The zero-order chi connectivity index (χ0) is 43.5. The molecule has 0 unspecified atom stereocenters. The first kappa shape index (κ1) is 53.0. The molecule has 3 aromatic carbocycles. The third-order valence-electron chi connectivity index (χ3n) is 10.8. The molecule has 0 aliphatic heterocycles. The summed E-state index contributed by atoms with van der Waals surface area (Å²) in [5.74, 6) is 3.34. The van der Waals surface area contributed by atoms with Gasteiger partial charge in [0.15, 0.2) is 0 Å². The molecule has 0 spiro atoms. The maximum absolute atomic E-state index is 10.9. The average molecular weight is 807 g/mol. The number of rotatable bonds is 26. The summed E-state index contributed by atoms with van der Waals surface area (Å²) in [7, 11) is 0. The number of unbranched alkanes of at least 4 members (excludes halogenated alkanes) is 2. The standard InChI is InChI=1S/C20H34O2.C18H30O2.C14H22O2/c1-4-7-13-20(21,14-8-5-2)15-12-18-10-9-11-19(17-18)22-16-6-3;1-6-12-20-17-9-7-8-16(13-17)10-11-18(19,14(2)3)15(4)5;1-4-10-16-13-7-5-6-12(11-13)8-9-14(2,3)15/h9-11,17,21H,4-8,12-16H2,1-3H3;7-9,13-15,19H,6,10-12H2,1-5H3;5-7,11,15H,4,8-10H2,1-3H3. The number of benzene rings is 3. The highest BCUT2D eigenvalue weighted by Gasteiger charge is 2.34. The molecule has 0 radical (unpaired) electrons. The van der Waals surface area contributed by atoms with Crippen molar-refractivity contribution in [1.29, 1.82) is 0 Å². The Balaban J connectivity index is 0.000000440. The molecule has 330 valence electrons. The molecule has 3 aromatic rings. The fourth-order valence-electron chi connectivity index (χ4n) is 6.83. The Morgan fingerprint density at radius 2 is 0.810 bits per heavy atom. The first-order valence-electron chi connectivity index (χ1n) is 22.9. The summed E-state index contributed by atoms with van der Waals surface area (Å²) in [5, 5.41) is 31.4. The molecule has 3 N–H and O–H groups in total. The Hall–Kier alpha value is -3.06. The van der Waals surface area contributed by atoms with Gasteiger partial charge < -0.3 is 29.5 Å². The molecule has 0 saturated heterocycles. The van der Waals surface area contributed by atoms with Crippen LogP contribution in [0.5, 0.6) is 17.2 Å². The van der Waals surface area contributed by atoms with Crippen molar-refractivity contribution in [3.63, 3.8) is 0 Å². The summed E-state index contributed by atoms with van der Waals surface area (Å²) in [6, 6.07) is 24.7. The van der Waals surface area contributed by atoms with Crippen molar-refractivity contribution in [2.24, 2.45) is 11.8 Å². The van der Waals surface area contributed by atoms with Crippen molar-refractivity contribution >= 4 is 0 Å². The minimum Gasteiger partial charge on any atom is -0.494 e. The van der Waals surface area contributed by atoms with Crippen molar-refractivity contribution in [1.82, 2.24) is 0 Å². The maximum Gasteiger partial charge on any atom is 0.119 e. The molecule has 6 heteroatoms. The van der Waals surface area contributed by atoms with E-state index in [9.17, 15) is 15.3 Å². The average Bonchev–Trinajstić information content (AvgIpc) is 3.21. The van der Waals surface area contributed by atoms with E-state index >= 15 is 0 Å². The second-order valence-corrected chi connectivity index (χ2v) is 17.5. The highest BCUT2D eigenvalue weighted by molar-refractivity contribution is 5.30. The van der Waals surface area contributed by atoms with Gasteiger partial charge >= 0.3 is 0 Å². The van der Waals surface area contributed by atoms with Gasteiger partial charge in [-0.3, -0.25) is 0 Å². The van der Waals surface area contributed by atoms with E-state index < -0.39 is 16.8 Å². The number of aliphatic hydroxyl groups is 3. The Kier molecular flexibility index (Phi) is 26.7. The molecule has 0 amide bonds. The van der Waals surface area contributed by atoms with E-state index in [0.717, 1.165) is 133 Å². The zero-order valence-corrected chi connectivity index (χ0v) is 38.9. The van der Waals surface area contributed by atoms with E-state index in [2.05, 4.69) is 105 Å². The number of aryl methyl sites for hydroxylation is 3. The molecule has 0 aliphatic rings. The molecule has 0 bridgehead atoms. The number of hydrogen-bond acceptors (Lipinski definition) is 6. The van der Waals surface area contributed by atoms with Gasteiger partial charge in [-0.25, -0.2) is 0 Å².